The zero-order valence-electron chi connectivity index (χ0n) is 14.2. The third-order valence-electron chi connectivity index (χ3n) is 3.62. The van der Waals surface area contributed by atoms with Crippen LogP contribution in [0, 0.1) is 0 Å². The van der Waals surface area contributed by atoms with Gasteiger partial charge < -0.3 is 20.1 Å². The van der Waals surface area contributed by atoms with E-state index in [2.05, 4.69) is 10.6 Å². The first-order chi connectivity index (χ1) is 12.0. The van der Waals surface area contributed by atoms with Gasteiger partial charge in [0.2, 0.25) is 0 Å². The number of hydrogen-bond acceptors (Lipinski definition) is 4. The standard InChI is InChI=1S/C19H20N2O4/c1-12(2)25-15-6-3-13(4-7-15)18(22)21-14-5-8-17-16(11-14)19(23)20-9-10-24-17/h3-8,11-12H,9-10H2,1-2H3,(H,20,23)(H,21,22). The average Bonchev–Trinajstić information content (AvgIpc) is 2.77. The van der Waals surface area contributed by atoms with Crippen LogP contribution < -0.4 is 20.1 Å². The second kappa shape index (κ2) is 7.25. The molecule has 2 aromatic rings. The minimum atomic E-state index is -0.258. The van der Waals surface area contributed by atoms with E-state index >= 15 is 0 Å². The molecule has 1 aliphatic rings. The van der Waals surface area contributed by atoms with Crippen molar-refractivity contribution in [3.8, 4) is 11.5 Å². The molecule has 6 nitrogen and oxygen atoms in total. The van der Waals surface area contributed by atoms with Crippen LogP contribution in [0.25, 0.3) is 0 Å². The fourth-order valence-electron chi connectivity index (χ4n) is 2.49. The van der Waals surface area contributed by atoms with Gasteiger partial charge >= 0.3 is 0 Å². The van der Waals surface area contributed by atoms with E-state index in [-0.39, 0.29) is 17.9 Å². The number of rotatable bonds is 4. The Hall–Kier alpha value is -3.02. The lowest BCUT2D eigenvalue weighted by molar-refractivity contribution is 0.0955. The Morgan fingerprint density at radius 2 is 1.96 bits per heavy atom. The topological polar surface area (TPSA) is 76.7 Å². The number of amides is 2. The van der Waals surface area contributed by atoms with Crippen molar-refractivity contribution < 1.29 is 19.1 Å². The highest BCUT2D eigenvalue weighted by Gasteiger charge is 2.17. The Kier molecular flexibility index (Phi) is 4.88. The molecule has 1 heterocycles. The predicted molar refractivity (Wildman–Crippen MR) is 94.4 cm³/mol. The average molecular weight is 340 g/mol. The van der Waals surface area contributed by atoms with Crippen molar-refractivity contribution in [2.45, 2.75) is 20.0 Å². The fourth-order valence-corrected chi connectivity index (χ4v) is 2.49. The van der Waals surface area contributed by atoms with Gasteiger partial charge in [-0.05, 0) is 56.3 Å². The van der Waals surface area contributed by atoms with Crippen molar-refractivity contribution >= 4 is 17.5 Å². The molecule has 3 rings (SSSR count). The fraction of sp³-hybridized carbons (Fsp3) is 0.263. The van der Waals surface area contributed by atoms with Gasteiger partial charge in [0.05, 0.1) is 18.2 Å². The lowest BCUT2D eigenvalue weighted by Gasteiger charge is -2.11. The highest BCUT2D eigenvalue weighted by molar-refractivity contribution is 6.05. The van der Waals surface area contributed by atoms with E-state index in [0.29, 0.717) is 41.5 Å². The van der Waals surface area contributed by atoms with Crippen molar-refractivity contribution in [3.05, 3.63) is 53.6 Å². The summed E-state index contributed by atoms with van der Waals surface area (Å²) in [7, 11) is 0. The number of carbonyl (C=O) groups is 2. The van der Waals surface area contributed by atoms with Crippen LogP contribution in [-0.4, -0.2) is 31.1 Å². The molecule has 2 N–H and O–H groups in total. The molecule has 0 atom stereocenters. The quantitative estimate of drug-likeness (QED) is 0.897. The van der Waals surface area contributed by atoms with Gasteiger partial charge in [-0.1, -0.05) is 0 Å². The first-order valence-electron chi connectivity index (χ1n) is 8.16. The number of anilines is 1. The molecule has 0 bridgehead atoms. The van der Waals surface area contributed by atoms with Crippen LogP contribution in [0.1, 0.15) is 34.6 Å². The lowest BCUT2D eigenvalue weighted by atomic mass is 10.1. The molecule has 2 amide bonds. The zero-order chi connectivity index (χ0) is 17.8. The Bertz CT molecular complexity index is 785. The molecule has 0 radical (unpaired) electrons. The molecule has 0 aromatic heterocycles. The summed E-state index contributed by atoms with van der Waals surface area (Å²) in [5.74, 6) is 0.762. The van der Waals surface area contributed by atoms with E-state index in [9.17, 15) is 9.59 Å². The number of fused-ring (bicyclic) bond motifs is 1. The molecule has 25 heavy (non-hydrogen) atoms. The van der Waals surface area contributed by atoms with Crippen molar-refractivity contribution in [3.63, 3.8) is 0 Å². The number of nitrogens with one attached hydrogen (secondary N) is 2. The largest absolute Gasteiger partial charge is 0.491 e. The van der Waals surface area contributed by atoms with Gasteiger partial charge in [0, 0.05) is 11.3 Å². The van der Waals surface area contributed by atoms with Gasteiger partial charge in [0.25, 0.3) is 11.8 Å². The minimum Gasteiger partial charge on any atom is -0.491 e. The molecule has 0 spiro atoms. The molecular weight excluding hydrogens is 320 g/mol. The summed E-state index contributed by atoms with van der Waals surface area (Å²) in [4.78, 5) is 24.4. The van der Waals surface area contributed by atoms with E-state index in [0.717, 1.165) is 0 Å². The van der Waals surface area contributed by atoms with E-state index in [4.69, 9.17) is 9.47 Å². The van der Waals surface area contributed by atoms with Crippen molar-refractivity contribution in [2.24, 2.45) is 0 Å². The molecule has 6 heteroatoms. The summed E-state index contributed by atoms with van der Waals surface area (Å²) in [5.41, 5.74) is 1.45. The second-order valence-electron chi connectivity index (χ2n) is 5.96. The summed E-state index contributed by atoms with van der Waals surface area (Å²) in [6.07, 6.45) is 0.0765. The van der Waals surface area contributed by atoms with E-state index in [1.54, 1.807) is 42.5 Å². The summed E-state index contributed by atoms with van der Waals surface area (Å²) in [5, 5.41) is 5.54. The number of ether oxygens (including phenoxy) is 2. The van der Waals surface area contributed by atoms with Gasteiger partial charge in [-0.15, -0.1) is 0 Å². The molecule has 0 unspecified atom stereocenters. The van der Waals surface area contributed by atoms with Crippen LogP contribution in [0.5, 0.6) is 11.5 Å². The Morgan fingerprint density at radius 1 is 1.20 bits per heavy atom. The molecule has 0 saturated carbocycles. The third kappa shape index (κ3) is 4.09. The van der Waals surface area contributed by atoms with Crippen LogP contribution in [-0.2, 0) is 0 Å². The second-order valence-corrected chi connectivity index (χ2v) is 5.96. The van der Waals surface area contributed by atoms with E-state index < -0.39 is 0 Å². The normalized spacial score (nSPS) is 13.3. The smallest absolute Gasteiger partial charge is 0.255 e. The zero-order valence-corrected chi connectivity index (χ0v) is 14.2. The molecule has 0 fully saturated rings. The van der Waals surface area contributed by atoms with Crippen LogP contribution in [0.15, 0.2) is 42.5 Å². The Labute approximate surface area is 146 Å². The molecule has 0 saturated heterocycles. The first-order valence-corrected chi connectivity index (χ1v) is 8.16. The summed E-state index contributed by atoms with van der Waals surface area (Å²) in [6, 6.07) is 11.9. The van der Waals surface area contributed by atoms with E-state index in [1.807, 2.05) is 13.8 Å². The number of carbonyl (C=O) groups excluding carboxylic acids is 2. The van der Waals surface area contributed by atoms with Gasteiger partial charge in [0.15, 0.2) is 0 Å². The number of benzene rings is 2. The van der Waals surface area contributed by atoms with Crippen LogP contribution in [0.4, 0.5) is 5.69 Å². The maximum absolute atomic E-state index is 12.4. The van der Waals surface area contributed by atoms with Crippen LogP contribution in [0.2, 0.25) is 0 Å². The third-order valence-corrected chi connectivity index (χ3v) is 3.62. The van der Waals surface area contributed by atoms with Crippen LogP contribution in [0.3, 0.4) is 0 Å². The molecule has 0 aliphatic carbocycles. The Morgan fingerprint density at radius 3 is 2.68 bits per heavy atom. The SMILES string of the molecule is CC(C)Oc1ccc(C(=O)Nc2ccc3c(c2)C(=O)NCCO3)cc1. The molecule has 130 valence electrons. The van der Waals surface area contributed by atoms with Gasteiger partial charge in [-0.25, -0.2) is 0 Å². The maximum Gasteiger partial charge on any atom is 0.255 e. The molecule has 2 aromatic carbocycles. The Balaban J connectivity index is 1.73. The minimum absolute atomic E-state index is 0.0765. The lowest BCUT2D eigenvalue weighted by Crippen LogP contribution is -2.24. The summed E-state index contributed by atoms with van der Waals surface area (Å²) >= 11 is 0. The first kappa shape index (κ1) is 16.8. The highest BCUT2D eigenvalue weighted by atomic mass is 16.5. The van der Waals surface area contributed by atoms with E-state index in [1.165, 1.54) is 0 Å². The summed E-state index contributed by atoms with van der Waals surface area (Å²) in [6.45, 7) is 4.77. The maximum atomic E-state index is 12.4. The predicted octanol–water partition coefficient (Wildman–Crippen LogP) is 2.85. The highest BCUT2D eigenvalue weighted by Crippen LogP contribution is 2.24. The van der Waals surface area contributed by atoms with Crippen molar-refractivity contribution in [2.75, 3.05) is 18.5 Å². The van der Waals surface area contributed by atoms with Crippen molar-refractivity contribution in [1.29, 1.82) is 0 Å². The van der Waals surface area contributed by atoms with Crippen LogP contribution >= 0.6 is 0 Å². The van der Waals surface area contributed by atoms with Crippen molar-refractivity contribution in [1.82, 2.24) is 5.32 Å². The number of hydrogen-bond donors (Lipinski definition) is 2. The van der Waals surface area contributed by atoms with Gasteiger partial charge in [-0.2, -0.15) is 0 Å². The summed E-state index contributed by atoms with van der Waals surface area (Å²) < 4.78 is 11.1. The monoisotopic (exact) mass is 340 g/mol. The van der Waals surface area contributed by atoms with Gasteiger partial charge in [0.1, 0.15) is 18.1 Å². The van der Waals surface area contributed by atoms with Gasteiger partial charge in [-0.3, -0.25) is 9.59 Å². The molecule has 1 aliphatic heterocycles. The molecular formula is C19H20N2O4.